The highest BCUT2D eigenvalue weighted by Crippen LogP contribution is 2.13. The summed E-state index contributed by atoms with van der Waals surface area (Å²) in [7, 11) is 1.75. The van der Waals surface area contributed by atoms with Crippen molar-refractivity contribution in [1.29, 1.82) is 0 Å². The molecule has 3 nitrogen and oxygen atoms in total. The van der Waals surface area contributed by atoms with E-state index in [1.54, 1.807) is 7.11 Å². The fourth-order valence-electron chi connectivity index (χ4n) is 1.72. The predicted molar refractivity (Wildman–Crippen MR) is 63.9 cm³/mol. The Kier molecular flexibility index (Phi) is 4.77. The van der Waals surface area contributed by atoms with Crippen LogP contribution in [0.2, 0.25) is 0 Å². The van der Waals surface area contributed by atoms with Gasteiger partial charge in [0.2, 0.25) is 0 Å². The molecule has 3 heteroatoms. The van der Waals surface area contributed by atoms with Crippen molar-refractivity contribution in [2.45, 2.75) is 32.2 Å². The highest BCUT2D eigenvalue weighted by Gasteiger charge is 2.15. The van der Waals surface area contributed by atoms with Crippen molar-refractivity contribution in [2.24, 2.45) is 5.73 Å². The Balaban J connectivity index is 2.25. The van der Waals surface area contributed by atoms with Crippen LogP contribution in [0.1, 0.15) is 26.7 Å². The molecule has 1 aliphatic rings. The van der Waals surface area contributed by atoms with E-state index in [9.17, 15) is 0 Å². The maximum absolute atomic E-state index is 5.97. The van der Waals surface area contributed by atoms with E-state index in [0.29, 0.717) is 0 Å². The fourth-order valence-corrected chi connectivity index (χ4v) is 1.72. The van der Waals surface area contributed by atoms with Gasteiger partial charge in [0.25, 0.3) is 0 Å². The molecule has 0 unspecified atom stereocenters. The average Bonchev–Trinajstić information content (AvgIpc) is 2.16. The largest absolute Gasteiger partial charge is 0.380 e. The highest BCUT2D eigenvalue weighted by molar-refractivity contribution is 5.07. The van der Waals surface area contributed by atoms with Gasteiger partial charge in [-0.05, 0) is 32.3 Å². The lowest BCUT2D eigenvalue weighted by molar-refractivity contribution is 0.208. The molecule has 15 heavy (non-hydrogen) atoms. The molecule has 0 saturated heterocycles. The second-order valence-electron chi connectivity index (χ2n) is 5.08. The third kappa shape index (κ3) is 5.30. The number of hydrogen-bond donors (Lipinski definition) is 1. The maximum atomic E-state index is 5.97. The van der Waals surface area contributed by atoms with Crippen molar-refractivity contribution in [3.8, 4) is 0 Å². The first-order valence-corrected chi connectivity index (χ1v) is 5.69. The molecular formula is C12H24N2O. The minimum absolute atomic E-state index is 0.0451. The molecule has 0 aromatic carbocycles. The number of nitrogens with two attached hydrogens (primary N) is 1. The third-order valence-electron chi connectivity index (χ3n) is 2.79. The zero-order valence-electron chi connectivity index (χ0n) is 10.3. The first-order chi connectivity index (χ1) is 7.01. The second kappa shape index (κ2) is 5.64. The Labute approximate surface area is 93.3 Å². The van der Waals surface area contributed by atoms with Crippen LogP contribution >= 0.6 is 0 Å². The summed E-state index contributed by atoms with van der Waals surface area (Å²) < 4.78 is 5.12. The van der Waals surface area contributed by atoms with Gasteiger partial charge >= 0.3 is 0 Å². The van der Waals surface area contributed by atoms with E-state index < -0.39 is 0 Å². The minimum atomic E-state index is -0.0451. The van der Waals surface area contributed by atoms with Gasteiger partial charge in [0.1, 0.15) is 0 Å². The number of methoxy groups -OCH3 is 1. The molecule has 0 aliphatic carbocycles. The van der Waals surface area contributed by atoms with Gasteiger partial charge in [-0.15, -0.1) is 0 Å². The maximum Gasteiger partial charge on any atom is 0.0673 e. The van der Waals surface area contributed by atoms with Gasteiger partial charge in [-0.3, -0.25) is 4.90 Å². The molecule has 0 spiro atoms. The summed E-state index contributed by atoms with van der Waals surface area (Å²) in [6, 6.07) is 0. The molecule has 2 N–H and O–H groups in total. The number of hydrogen-bond acceptors (Lipinski definition) is 3. The molecule has 0 amide bonds. The van der Waals surface area contributed by atoms with E-state index in [-0.39, 0.29) is 5.54 Å². The van der Waals surface area contributed by atoms with Crippen LogP contribution in [0.15, 0.2) is 11.6 Å². The number of ether oxygens (including phenoxy) is 1. The zero-order valence-corrected chi connectivity index (χ0v) is 10.3. The molecule has 0 aromatic heterocycles. The summed E-state index contributed by atoms with van der Waals surface area (Å²) in [5, 5.41) is 0. The van der Waals surface area contributed by atoms with Gasteiger partial charge in [0.05, 0.1) is 6.61 Å². The molecule has 88 valence electrons. The molecule has 0 atom stereocenters. The lowest BCUT2D eigenvalue weighted by atomic mass is 10.0. The van der Waals surface area contributed by atoms with Crippen molar-refractivity contribution in [3.63, 3.8) is 0 Å². The van der Waals surface area contributed by atoms with Gasteiger partial charge in [0.15, 0.2) is 0 Å². The molecule has 0 radical (unpaired) electrons. The predicted octanol–water partition coefficient (Wildman–Crippen LogP) is 1.39. The summed E-state index contributed by atoms with van der Waals surface area (Å²) in [4.78, 5) is 2.45. The second-order valence-corrected chi connectivity index (χ2v) is 5.08. The van der Waals surface area contributed by atoms with Crippen molar-refractivity contribution >= 4 is 0 Å². The lowest BCUT2D eigenvalue weighted by Gasteiger charge is -2.29. The molecule has 0 bridgehead atoms. The summed E-state index contributed by atoms with van der Waals surface area (Å²) in [5.41, 5.74) is 7.35. The number of rotatable bonds is 5. The van der Waals surface area contributed by atoms with E-state index in [1.807, 2.05) is 0 Å². The Morgan fingerprint density at radius 3 is 2.73 bits per heavy atom. The van der Waals surface area contributed by atoms with Crippen LogP contribution in [0.25, 0.3) is 0 Å². The van der Waals surface area contributed by atoms with Crippen LogP contribution in [-0.2, 0) is 4.74 Å². The van der Waals surface area contributed by atoms with Crippen LogP contribution in [0.3, 0.4) is 0 Å². The standard InChI is InChI=1S/C12H24N2O/c1-12(2,13)6-9-14-7-4-11(5-8-14)10-15-3/h4H,5-10,13H2,1-3H3. The van der Waals surface area contributed by atoms with Gasteiger partial charge in [-0.25, -0.2) is 0 Å². The van der Waals surface area contributed by atoms with Crippen LogP contribution in [0, 0.1) is 0 Å². The van der Waals surface area contributed by atoms with E-state index in [4.69, 9.17) is 10.5 Å². The fraction of sp³-hybridized carbons (Fsp3) is 0.833. The van der Waals surface area contributed by atoms with Gasteiger partial charge < -0.3 is 10.5 Å². The Morgan fingerprint density at radius 2 is 2.27 bits per heavy atom. The minimum Gasteiger partial charge on any atom is -0.380 e. The van der Waals surface area contributed by atoms with Crippen LogP contribution in [-0.4, -0.2) is 43.8 Å². The van der Waals surface area contributed by atoms with E-state index in [2.05, 4.69) is 24.8 Å². The quantitative estimate of drug-likeness (QED) is 0.700. The topological polar surface area (TPSA) is 38.5 Å². The molecular weight excluding hydrogens is 188 g/mol. The average molecular weight is 212 g/mol. The van der Waals surface area contributed by atoms with Crippen molar-refractivity contribution in [1.82, 2.24) is 4.90 Å². The molecule has 0 aromatic rings. The SMILES string of the molecule is COCC1=CCN(CCC(C)(C)N)CC1. The third-order valence-corrected chi connectivity index (χ3v) is 2.79. The van der Waals surface area contributed by atoms with Crippen molar-refractivity contribution in [2.75, 3.05) is 33.4 Å². The first kappa shape index (κ1) is 12.7. The van der Waals surface area contributed by atoms with Gasteiger partial charge in [-0.1, -0.05) is 6.08 Å². The normalized spacial score (nSPS) is 19.1. The Morgan fingerprint density at radius 1 is 1.53 bits per heavy atom. The summed E-state index contributed by atoms with van der Waals surface area (Å²) in [5.74, 6) is 0. The van der Waals surface area contributed by atoms with E-state index in [0.717, 1.165) is 39.1 Å². The summed E-state index contributed by atoms with van der Waals surface area (Å²) >= 11 is 0. The van der Waals surface area contributed by atoms with Crippen molar-refractivity contribution < 1.29 is 4.74 Å². The van der Waals surface area contributed by atoms with Crippen LogP contribution < -0.4 is 5.73 Å². The molecule has 0 fully saturated rings. The van der Waals surface area contributed by atoms with Crippen LogP contribution in [0.5, 0.6) is 0 Å². The van der Waals surface area contributed by atoms with Crippen LogP contribution in [0.4, 0.5) is 0 Å². The van der Waals surface area contributed by atoms with Gasteiger partial charge in [0, 0.05) is 32.3 Å². The highest BCUT2D eigenvalue weighted by atomic mass is 16.5. The Bertz CT molecular complexity index is 218. The van der Waals surface area contributed by atoms with Gasteiger partial charge in [-0.2, -0.15) is 0 Å². The summed E-state index contributed by atoms with van der Waals surface area (Å²) in [6.45, 7) is 8.25. The smallest absolute Gasteiger partial charge is 0.0673 e. The first-order valence-electron chi connectivity index (χ1n) is 5.69. The van der Waals surface area contributed by atoms with E-state index >= 15 is 0 Å². The van der Waals surface area contributed by atoms with E-state index in [1.165, 1.54) is 5.57 Å². The Hall–Kier alpha value is -0.380. The zero-order chi connectivity index (χ0) is 11.3. The molecule has 0 saturated carbocycles. The molecule has 1 aliphatic heterocycles. The summed E-state index contributed by atoms with van der Waals surface area (Å²) in [6.07, 6.45) is 4.48. The lowest BCUT2D eigenvalue weighted by Crippen LogP contribution is -2.39. The molecule has 1 heterocycles. The number of nitrogens with zero attached hydrogens (tertiary/aromatic N) is 1. The monoisotopic (exact) mass is 212 g/mol. The van der Waals surface area contributed by atoms with Crippen molar-refractivity contribution in [3.05, 3.63) is 11.6 Å². The molecule has 1 rings (SSSR count).